The number of pyridine rings is 1. The number of fused-ring (bicyclic) bond motifs is 1. The third-order valence-electron chi connectivity index (χ3n) is 3.68. The van der Waals surface area contributed by atoms with E-state index >= 15 is 0 Å². The van der Waals surface area contributed by atoms with Gasteiger partial charge in [0.1, 0.15) is 5.82 Å². The van der Waals surface area contributed by atoms with Crippen LogP contribution in [-0.2, 0) is 13.5 Å². The van der Waals surface area contributed by atoms with Gasteiger partial charge in [-0.3, -0.25) is 4.98 Å². The largest absolute Gasteiger partial charge is 0.337 e. The Morgan fingerprint density at radius 3 is 2.75 bits per heavy atom. The molecule has 102 valence electrons. The predicted octanol–water partition coefficient (Wildman–Crippen LogP) is 2.47. The molecular weight excluding hydrogens is 248 g/mol. The zero-order chi connectivity index (χ0) is 13.9. The minimum absolute atomic E-state index is 0.195. The number of imidazole rings is 1. The van der Waals surface area contributed by atoms with E-state index in [-0.39, 0.29) is 6.04 Å². The van der Waals surface area contributed by atoms with Crippen molar-refractivity contribution in [1.82, 2.24) is 19.9 Å². The Hall–Kier alpha value is -2.20. The molecule has 20 heavy (non-hydrogen) atoms. The van der Waals surface area contributed by atoms with Gasteiger partial charge in [0.25, 0.3) is 0 Å². The number of likely N-dealkylation sites (N-methyl/N-ethyl adjacent to an activating group) is 1. The van der Waals surface area contributed by atoms with Gasteiger partial charge in [-0.15, -0.1) is 0 Å². The van der Waals surface area contributed by atoms with Gasteiger partial charge in [0, 0.05) is 31.0 Å². The molecule has 0 saturated carbocycles. The number of aromatic nitrogens is 3. The molecule has 0 spiro atoms. The van der Waals surface area contributed by atoms with Gasteiger partial charge in [0.05, 0.1) is 11.6 Å². The molecule has 0 aliphatic heterocycles. The number of para-hydroxylation sites is 1. The Morgan fingerprint density at radius 2 is 2.00 bits per heavy atom. The summed E-state index contributed by atoms with van der Waals surface area (Å²) in [5.41, 5.74) is 2.33. The first-order valence-electron chi connectivity index (χ1n) is 6.76. The Balaban J connectivity index is 1.98. The van der Waals surface area contributed by atoms with Crippen molar-refractivity contribution in [3.05, 3.63) is 60.3 Å². The molecule has 0 amide bonds. The van der Waals surface area contributed by atoms with Gasteiger partial charge in [-0.05, 0) is 31.2 Å². The minimum atomic E-state index is 0.195. The zero-order valence-electron chi connectivity index (χ0n) is 11.7. The average molecular weight is 266 g/mol. The van der Waals surface area contributed by atoms with Crippen molar-refractivity contribution >= 4 is 10.9 Å². The molecule has 0 saturated heterocycles. The van der Waals surface area contributed by atoms with Crippen molar-refractivity contribution in [2.75, 3.05) is 7.05 Å². The topological polar surface area (TPSA) is 42.7 Å². The summed E-state index contributed by atoms with van der Waals surface area (Å²) in [6.45, 7) is 0. The summed E-state index contributed by atoms with van der Waals surface area (Å²) < 4.78 is 2.06. The van der Waals surface area contributed by atoms with E-state index in [1.54, 1.807) is 0 Å². The first-order chi connectivity index (χ1) is 9.79. The van der Waals surface area contributed by atoms with E-state index < -0.39 is 0 Å². The van der Waals surface area contributed by atoms with Gasteiger partial charge >= 0.3 is 0 Å². The Labute approximate surface area is 118 Å². The highest BCUT2D eigenvalue weighted by Gasteiger charge is 2.15. The van der Waals surface area contributed by atoms with Crippen molar-refractivity contribution < 1.29 is 0 Å². The molecule has 3 aromatic rings. The summed E-state index contributed by atoms with van der Waals surface area (Å²) in [6, 6.07) is 10.5. The van der Waals surface area contributed by atoms with Gasteiger partial charge in [-0.2, -0.15) is 0 Å². The lowest BCUT2D eigenvalue weighted by molar-refractivity contribution is 0.539. The molecule has 0 aliphatic carbocycles. The van der Waals surface area contributed by atoms with Crippen LogP contribution in [0.2, 0.25) is 0 Å². The van der Waals surface area contributed by atoms with Crippen LogP contribution in [0.1, 0.15) is 17.4 Å². The highest BCUT2D eigenvalue weighted by Crippen LogP contribution is 2.22. The molecule has 1 atom stereocenters. The van der Waals surface area contributed by atoms with Crippen LogP contribution in [0, 0.1) is 0 Å². The molecule has 1 aromatic carbocycles. The number of benzene rings is 1. The van der Waals surface area contributed by atoms with E-state index in [1.165, 1.54) is 10.9 Å². The van der Waals surface area contributed by atoms with Gasteiger partial charge in [-0.1, -0.05) is 18.2 Å². The van der Waals surface area contributed by atoms with E-state index in [4.69, 9.17) is 0 Å². The maximum absolute atomic E-state index is 4.45. The molecule has 3 rings (SSSR count). The van der Waals surface area contributed by atoms with Crippen LogP contribution >= 0.6 is 0 Å². The zero-order valence-corrected chi connectivity index (χ0v) is 11.7. The molecule has 2 heterocycles. The van der Waals surface area contributed by atoms with Crippen LogP contribution in [0.15, 0.2) is 48.9 Å². The van der Waals surface area contributed by atoms with Crippen LogP contribution in [0.5, 0.6) is 0 Å². The first kappa shape index (κ1) is 12.8. The van der Waals surface area contributed by atoms with E-state index in [9.17, 15) is 0 Å². The highest BCUT2D eigenvalue weighted by molar-refractivity contribution is 5.81. The fourth-order valence-corrected chi connectivity index (χ4v) is 2.59. The summed E-state index contributed by atoms with van der Waals surface area (Å²) in [5, 5.41) is 4.57. The molecule has 0 radical (unpaired) electrons. The van der Waals surface area contributed by atoms with E-state index in [0.717, 1.165) is 17.8 Å². The number of aryl methyl sites for hydroxylation is 1. The molecule has 4 heteroatoms. The van der Waals surface area contributed by atoms with Crippen LogP contribution in [0.25, 0.3) is 10.9 Å². The van der Waals surface area contributed by atoms with Crippen LogP contribution in [0.3, 0.4) is 0 Å². The van der Waals surface area contributed by atoms with Crippen LogP contribution < -0.4 is 5.32 Å². The maximum atomic E-state index is 4.45. The molecule has 0 bridgehead atoms. The van der Waals surface area contributed by atoms with E-state index in [1.807, 2.05) is 44.8 Å². The SMILES string of the molecule is CNC(Cc1ccnc2ccccc12)c1nccn1C. The normalized spacial score (nSPS) is 12.7. The van der Waals surface area contributed by atoms with Crippen molar-refractivity contribution in [1.29, 1.82) is 0 Å². The molecule has 1 unspecified atom stereocenters. The molecule has 0 fully saturated rings. The molecular formula is C16H18N4. The van der Waals surface area contributed by atoms with Crippen LogP contribution in [0.4, 0.5) is 0 Å². The summed E-state index contributed by atoms with van der Waals surface area (Å²) in [5.74, 6) is 1.05. The summed E-state index contributed by atoms with van der Waals surface area (Å²) in [6.07, 6.45) is 6.59. The second kappa shape index (κ2) is 5.43. The lowest BCUT2D eigenvalue weighted by atomic mass is 10.0. The number of hydrogen-bond acceptors (Lipinski definition) is 3. The molecule has 1 N–H and O–H groups in total. The van der Waals surface area contributed by atoms with Gasteiger partial charge in [-0.25, -0.2) is 4.98 Å². The fourth-order valence-electron chi connectivity index (χ4n) is 2.59. The second-order valence-electron chi connectivity index (χ2n) is 4.93. The number of nitrogens with one attached hydrogen (secondary N) is 1. The van der Waals surface area contributed by atoms with Crippen molar-refractivity contribution in [2.45, 2.75) is 12.5 Å². The maximum Gasteiger partial charge on any atom is 0.125 e. The minimum Gasteiger partial charge on any atom is -0.337 e. The third kappa shape index (κ3) is 2.30. The second-order valence-corrected chi connectivity index (χ2v) is 4.93. The summed E-state index contributed by atoms with van der Waals surface area (Å²) in [7, 11) is 4.00. The monoisotopic (exact) mass is 266 g/mol. The van der Waals surface area contributed by atoms with Crippen molar-refractivity contribution in [3.63, 3.8) is 0 Å². The Bertz CT molecular complexity index is 712. The highest BCUT2D eigenvalue weighted by atomic mass is 15.1. The lowest BCUT2D eigenvalue weighted by Crippen LogP contribution is -2.22. The standard InChI is InChI=1S/C16H18N4/c1-17-15(16-19-9-10-20(16)2)11-12-7-8-18-14-6-4-3-5-13(12)14/h3-10,15,17H,11H2,1-2H3. The van der Waals surface area contributed by atoms with E-state index in [2.05, 4.69) is 38.1 Å². The van der Waals surface area contributed by atoms with Crippen molar-refractivity contribution in [3.8, 4) is 0 Å². The average Bonchev–Trinajstić information content (AvgIpc) is 2.91. The quantitative estimate of drug-likeness (QED) is 0.789. The Kier molecular flexibility index (Phi) is 3.48. The lowest BCUT2D eigenvalue weighted by Gasteiger charge is -2.17. The summed E-state index contributed by atoms with van der Waals surface area (Å²) >= 11 is 0. The molecule has 2 aromatic heterocycles. The Morgan fingerprint density at radius 1 is 1.15 bits per heavy atom. The smallest absolute Gasteiger partial charge is 0.125 e. The fraction of sp³-hybridized carbons (Fsp3) is 0.250. The number of rotatable bonds is 4. The number of nitrogens with zero attached hydrogens (tertiary/aromatic N) is 3. The van der Waals surface area contributed by atoms with Gasteiger partial charge < -0.3 is 9.88 Å². The van der Waals surface area contributed by atoms with Crippen molar-refractivity contribution in [2.24, 2.45) is 7.05 Å². The predicted molar refractivity (Wildman–Crippen MR) is 80.5 cm³/mol. The number of hydrogen-bond donors (Lipinski definition) is 1. The van der Waals surface area contributed by atoms with E-state index in [0.29, 0.717) is 0 Å². The van der Waals surface area contributed by atoms with Crippen LogP contribution in [-0.4, -0.2) is 21.6 Å². The molecule has 4 nitrogen and oxygen atoms in total. The summed E-state index contributed by atoms with van der Waals surface area (Å²) in [4.78, 5) is 8.86. The molecule has 0 aliphatic rings. The van der Waals surface area contributed by atoms with Gasteiger partial charge in [0.2, 0.25) is 0 Å². The first-order valence-corrected chi connectivity index (χ1v) is 6.76. The van der Waals surface area contributed by atoms with Gasteiger partial charge in [0.15, 0.2) is 0 Å². The third-order valence-corrected chi connectivity index (χ3v) is 3.68.